The molecule has 2 heterocycles. The van der Waals surface area contributed by atoms with E-state index in [1.54, 1.807) is 54.6 Å². The molecule has 0 amide bonds. The fourth-order valence-corrected chi connectivity index (χ4v) is 5.13. The van der Waals surface area contributed by atoms with Gasteiger partial charge in [-0.2, -0.15) is 18.4 Å². The van der Waals surface area contributed by atoms with Gasteiger partial charge < -0.3 is 14.4 Å². The summed E-state index contributed by atoms with van der Waals surface area (Å²) < 4.78 is 54.9. The second-order valence-electron chi connectivity index (χ2n) is 9.47. The maximum absolute atomic E-state index is 14.5. The molecule has 0 aliphatic carbocycles. The van der Waals surface area contributed by atoms with Crippen LogP contribution in [0.3, 0.4) is 0 Å². The number of hydrogen-bond donors (Lipinski definition) is 0. The number of pyridine rings is 1. The van der Waals surface area contributed by atoms with Crippen molar-refractivity contribution in [2.45, 2.75) is 32.2 Å². The summed E-state index contributed by atoms with van der Waals surface area (Å²) in [7, 11) is 1.37. The topological polar surface area (TPSA) is 58.4 Å². The number of morpholine rings is 1. The molecule has 0 spiro atoms. The first-order chi connectivity index (χ1) is 18.2. The average molecular weight is 518 g/mol. The predicted molar refractivity (Wildman–Crippen MR) is 141 cm³/mol. The van der Waals surface area contributed by atoms with Crippen molar-refractivity contribution in [3.05, 3.63) is 78.0 Å². The van der Waals surface area contributed by atoms with Gasteiger partial charge in [0.05, 0.1) is 42.0 Å². The minimum absolute atomic E-state index is 0.0605. The van der Waals surface area contributed by atoms with Crippen LogP contribution in [0.15, 0.2) is 66.7 Å². The van der Waals surface area contributed by atoms with Crippen molar-refractivity contribution in [1.82, 2.24) is 4.98 Å². The molecule has 38 heavy (non-hydrogen) atoms. The molecule has 3 aromatic carbocycles. The Morgan fingerprint density at radius 3 is 2.16 bits per heavy atom. The summed E-state index contributed by atoms with van der Waals surface area (Å²) in [5.41, 5.74) is 1.99. The summed E-state index contributed by atoms with van der Waals surface area (Å²) in [6.07, 6.45) is -4.60. The third-order valence-corrected chi connectivity index (χ3v) is 6.71. The molecule has 4 aromatic rings. The number of anilines is 1. The van der Waals surface area contributed by atoms with Gasteiger partial charge in [-0.1, -0.05) is 36.4 Å². The van der Waals surface area contributed by atoms with Crippen LogP contribution in [0.5, 0.6) is 5.75 Å². The van der Waals surface area contributed by atoms with Crippen molar-refractivity contribution in [2.75, 3.05) is 25.1 Å². The Balaban J connectivity index is 1.67. The Morgan fingerprint density at radius 2 is 1.58 bits per heavy atom. The standard InChI is InChI=1S/C30H26F3N3O2/c1-18-16-36(17-19(2)38-18)23-13-11-22(12-14-23)26-28(37-3)25-6-4-5-24(21-9-7-20(15-34)8-10-21)27(25)35-29(26)30(31,32)33/h4-14,18-19H,16-17H2,1-3H3/t18-,19+. The lowest BCUT2D eigenvalue weighted by Gasteiger charge is -2.37. The summed E-state index contributed by atoms with van der Waals surface area (Å²) in [5.74, 6) is 0.110. The van der Waals surface area contributed by atoms with E-state index in [9.17, 15) is 13.2 Å². The zero-order valence-electron chi connectivity index (χ0n) is 21.2. The predicted octanol–water partition coefficient (Wildman–Crippen LogP) is 7.08. The number of halogens is 3. The highest BCUT2D eigenvalue weighted by Gasteiger charge is 2.38. The molecule has 2 atom stereocenters. The van der Waals surface area contributed by atoms with Gasteiger partial charge in [0, 0.05) is 29.7 Å². The van der Waals surface area contributed by atoms with Crippen LogP contribution >= 0.6 is 0 Å². The van der Waals surface area contributed by atoms with Gasteiger partial charge in [0.15, 0.2) is 5.69 Å². The van der Waals surface area contributed by atoms with Crippen molar-refractivity contribution in [3.8, 4) is 34.1 Å². The number of methoxy groups -OCH3 is 1. The van der Waals surface area contributed by atoms with Gasteiger partial charge in [0.1, 0.15) is 5.75 Å². The number of hydrogen-bond acceptors (Lipinski definition) is 5. The van der Waals surface area contributed by atoms with E-state index in [-0.39, 0.29) is 29.0 Å². The lowest BCUT2D eigenvalue weighted by molar-refractivity contribution is -0.140. The van der Waals surface area contributed by atoms with E-state index in [4.69, 9.17) is 14.7 Å². The van der Waals surface area contributed by atoms with E-state index in [1.165, 1.54) is 7.11 Å². The Bertz CT molecular complexity index is 1500. The molecule has 194 valence electrons. The van der Waals surface area contributed by atoms with Gasteiger partial charge in [-0.3, -0.25) is 0 Å². The van der Waals surface area contributed by atoms with Crippen molar-refractivity contribution in [3.63, 3.8) is 0 Å². The number of nitrogens with zero attached hydrogens (tertiary/aromatic N) is 3. The smallest absolute Gasteiger partial charge is 0.434 e. The van der Waals surface area contributed by atoms with Crippen molar-refractivity contribution >= 4 is 16.6 Å². The highest BCUT2D eigenvalue weighted by molar-refractivity contribution is 6.01. The van der Waals surface area contributed by atoms with Gasteiger partial charge in [0.25, 0.3) is 0 Å². The number of rotatable bonds is 4. The lowest BCUT2D eigenvalue weighted by atomic mass is 9.95. The summed E-state index contributed by atoms with van der Waals surface area (Å²) in [6, 6.07) is 20.9. The summed E-state index contributed by atoms with van der Waals surface area (Å²) in [4.78, 5) is 6.36. The summed E-state index contributed by atoms with van der Waals surface area (Å²) >= 11 is 0. The maximum atomic E-state index is 14.5. The van der Waals surface area contributed by atoms with Gasteiger partial charge in [0.2, 0.25) is 0 Å². The molecule has 0 radical (unpaired) electrons. The molecule has 1 aliphatic heterocycles. The average Bonchev–Trinajstić information content (AvgIpc) is 2.90. The zero-order valence-corrected chi connectivity index (χ0v) is 21.2. The molecule has 5 rings (SSSR count). The van der Waals surface area contributed by atoms with Crippen LogP contribution in [-0.4, -0.2) is 37.4 Å². The molecule has 0 saturated carbocycles. The second-order valence-corrected chi connectivity index (χ2v) is 9.47. The van der Waals surface area contributed by atoms with Crippen molar-refractivity contribution < 1.29 is 22.6 Å². The molecule has 1 saturated heterocycles. The van der Waals surface area contributed by atoms with Crippen LogP contribution in [0, 0.1) is 11.3 Å². The van der Waals surface area contributed by atoms with Crippen LogP contribution < -0.4 is 9.64 Å². The number of benzene rings is 3. The highest BCUT2D eigenvalue weighted by Crippen LogP contribution is 2.46. The molecule has 8 heteroatoms. The summed E-state index contributed by atoms with van der Waals surface area (Å²) in [6.45, 7) is 5.42. The van der Waals surface area contributed by atoms with Gasteiger partial charge in [-0.25, -0.2) is 4.98 Å². The van der Waals surface area contributed by atoms with Crippen molar-refractivity contribution in [1.29, 1.82) is 5.26 Å². The Labute approximate surface area is 219 Å². The number of para-hydroxylation sites is 1. The number of alkyl halides is 3. The fraction of sp³-hybridized carbons (Fsp3) is 0.267. The molecular weight excluding hydrogens is 491 g/mol. The van der Waals surface area contributed by atoms with Crippen molar-refractivity contribution in [2.24, 2.45) is 0 Å². The molecule has 0 unspecified atom stereocenters. The van der Waals surface area contributed by atoms with Crippen LogP contribution in [0.1, 0.15) is 25.1 Å². The van der Waals surface area contributed by atoms with Gasteiger partial charge in [-0.05, 0) is 55.3 Å². The first-order valence-corrected chi connectivity index (χ1v) is 12.3. The number of aromatic nitrogens is 1. The van der Waals surface area contributed by atoms with Crippen LogP contribution in [0.2, 0.25) is 0 Å². The monoisotopic (exact) mass is 517 g/mol. The Hall–Kier alpha value is -4.09. The fourth-order valence-electron chi connectivity index (χ4n) is 5.13. The minimum Gasteiger partial charge on any atom is -0.495 e. The summed E-state index contributed by atoms with van der Waals surface area (Å²) in [5, 5.41) is 9.58. The van der Waals surface area contributed by atoms with Crippen LogP contribution in [0.4, 0.5) is 18.9 Å². The van der Waals surface area contributed by atoms with E-state index >= 15 is 0 Å². The van der Waals surface area contributed by atoms with Gasteiger partial charge in [-0.15, -0.1) is 0 Å². The van der Waals surface area contributed by atoms with E-state index in [1.807, 2.05) is 26.0 Å². The minimum atomic E-state index is -4.72. The Morgan fingerprint density at radius 1 is 0.947 bits per heavy atom. The van der Waals surface area contributed by atoms with E-state index in [2.05, 4.69) is 16.0 Å². The molecule has 0 N–H and O–H groups in total. The quantitative estimate of drug-likeness (QED) is 0.290. The molecular formula is C30H26F3N3O2. The van der Waals surface area contributed by atoms with Gasteiger partial charge >= 0.3 is 6.18 Å². The SMILES string of the molecule is COc1c(-c2ccc(N3C[C@@H](C)O[C@@H](C)C3)cc2)c(C(F)(F)F)nc2c(-c3ccc(C#N)cc3)cccc12. The third kappa shape index (κ3) is 4.77. The van der Waals surface area contributed by atoms with E-state index in [0.29, 0.717) is 40.7 Å². The normalized spacial score (nSPS) is 17.9. The molecule has 1 aliphatic rings. The molecule has 1 aromatic heterocycles. The number of fused-ring (bicyclic) bond motifs is 1. The van der Waals surface area contributed by atoms with E-state index in [0.717, 1.165) is 5.69 Å². The molecule has 0 bridgehead atoms. The highest BCUT2D eigenvalue weighted by atomic mass is 19.4. The zero-order chi connectivity index (χ0) is 27.0. The third-order valence-electron chi connectivity index (χ3n) is 6.71. The first kappa shape index (κ1) is 25.6. The molecule has 1 fully saturated rings. The van der Waals surface area contributed by atoms with Crippen LogP contribution in [0.25, 0.3) is 33.2 Å². The Kier molecular flexibility index (Phi) is 6.72. The molecule has 5 nitrogen and oxygen atoms in total. The number of ether oxygens (including phenoxy) is 2. The van der Waals surface area contributed by atoms with Crippen LogP contribution in [-0.2, 0) is 10.9 Å². The largest absolute Gasteiger partial charge is 0.495 e. The lowest BCUT2D eigenvalue weighted by Crippen LogP contribution is -2.45. The van der Waals surface area contributed by atoms with E-state index < -0.39 is 11.9 Å². The first-order valence-electron chi connectivity index (χ1n) is 12.3. The second kappa shape index (κ2) is 9.99. The number of nitriles is 1. The maximum Gasteiger partial charge on any atom is 0.434 e.